The van der Waals surface area contributed by atoms with Gasteiger partial charge in [-0.3, -0.25) is 0 Å². The normalized spacial score (nSPS) is 71.2. The summed E-state index contributed by atoms with van der Waals surface area (Å²) in [6.45, 7) is 0. The molecule has 3 saturated carbocycles. The van der Waals surface area contributed by atoms with Crippen LogP contribution in [0.1, 0.15) is 0 Å². The smallest absolute Gasteiger partial charge is 0.0871 e. The molecule has 3 rings (SSSR count). The zero-order valence-electron chi connectivity index (χ0n) is 6.25. The fourth-order valence-electron chi connectivity index (χ4n) is 3.42. The lowest BCUT2D eigenvalue weighted by Gasteiger charge is -2.39. The first-order valence-electron chi connectivity index (χ1n) is 4.11. The minimum atomic E-state index is -0.894. The van der Waals surface area contributed by atoms with E-state index in [0.717, 1.165) is 0 Å². The molecule has 0 aliphatic heterocycles. The molecule has 4 nitrogen and oxygen atoms in total. The van der Waals surface area contributed by atoms with Crippen LogP contribution < -0.4 is 0 Å². The second kappa shape index (κ2) is 1.53. The highest BCUT2D eigenvalue weighted by atomic mass is 16.3. The summed E-state index contributed by atoms with van der Waals surface area (Å²) in [5.74, 6) is -0.629. The molecule has 0 amide bonds. The fraction of sp³-hybridized carbons (Fsp3) is 0.875. The minimum absolute atomic E-state index is 0.0640. The summed E-state index contributed by atoms with van der Waals surface area (Å²) in [5.41, 5.74) is -0.571. The Hall–Kier alpha value is -0.630. The predicted octanol–water partition coefficient (Wildman–Crippen LogP) is -1.53. The molecule has 64 valence electrons. The molecule has 0 aromatic carbocycles. The largest absolute Gasteiger partial charge is 0.392 e. The van der Waals surface area contributed by atoms with E-state index in [1.807, 2.05) is 0 Å². The Morgan fingerprint density at radius 3 is 1.83 bits per heavy atom. The van der Waals surface area contributed by atoms with Crippen molar-refractivity contribution in [2.75, 3.05) is 0 Å². The highest BCUT2D eigenvalue weighted by Crippen LogP contribution is 2.81. The number of aliphatic hydroxyl groups is 3. The summed E-state index contributed by atoms with van der Waals surface area (Å²) in [6, 6.07) is 2.13. The maximum Gasteiger partial charge on any atom is 0.0871 e. The van der Waals surface area contributed by atoms with E-state index in [9.17, 15) is 15.3 Å². The number of aliphatic hydroxyl groups excluding tert-OH is 3. The van der Waals surface area contributed by atoms with E-state index in [4.69, 9.17) is 5.26 Å². The van der Waals surface area contributed by atoms with E-state index in [1.54, 1.807) is 0 Å². The third-order valence-electron chi connectivity index (χ3n) is 3.95. The second-order valence-electron chi connectivity index (χ2n) is 4.09. The molecule has 12 heavy (non-hydrogen) atoms. The van der Waals surface area contributed by atoms with Gasteiger partial charge in [0.1, 0.15) is 0 Å². The van der Waals surface area contributed by atoms with E-state index in [0.29, 0.717) is 0 Å². The summed E-state index contributed by atoms with van der Waals surface area (Å²) in [7, 11) is 0. The molecule has 3 aliphatic rings. The third-order valence-corrected chi connectivity index (χ3v) is 3.95. The summed E-state index contributed by atoms with van der Waals surface area (Å²) < 4.78 is 0. The number of hydrogen-bond donors (Lipinski definition) is 3. The van der Waals surface area contributed by atoms with E-state index in [2.05, 4.69) is 6.07 Å². The molecular formula is C8H9NO3. The van der Waals surface area contributed by atoms with Crippen molar-refractivity contribution in [3.63, 3.8) is 0 Å². The third kappa shape index (κ3) is 0.366. The number of nitriles is 1. The summed E-state index contributed by atoms with van der Waals surface area (Å²) in [4.78, 5) is 0. The first-order valence-corrected chi connectivity index (χ1v) is 4.11. The quantitative estimate of drug-likeness (QED) is 0.408. The number of fused-ring (bicyclic) bond motifs is 1. The lowest BCUT2D eigenvalue weighted by molar-refractivity contribution is -0.121. The molecule has 0 bridgehead atoms. The van der Waals surface area contributed by atoms with E-state index in [1.165, 1.54) is 0 Å². The van der Waals surface area contributed by atoms with Crippen LogP contribution >= 0.6 is 0 Å². The molecule has 3 N–H and O–H groups in total. The average Bonchev–Trinajstić information content (AvgIpc) is 2.59. The van der Waals surface area contributed by atoms with Gasteiger partial charge in [0.15, 0.2) is 0 Å². The van der Waals surface area contributed by atoms with Gasteiger partial charge in [-0.15, -0.1) is 0 Å². The van der Waals surface area contributed by atoms with Gasteiger partial charge in [-0.1, -0.05) is 0 Å². The maximum absolute atomic E-state index is 9.41. The molecule has 4 heteroatoms. The van der Waals surface area contributed by atoms with Gasteiger partial charge in [0.05, 0.1) is 29.8 Å². The second-order valence-corrected chi connectivity index (χ2v) is 4.09. The minimum Gasteiger partial charge on any atom is -0.392 e. The SMILES string of the molecule is N#C[C@]12[C@@H]3[C@H](O)[C@H](O)[C@@H]1[C@@H]2[C@@H]3O. The van der Waals surface area contributed by atoms with E-state index >= 15 is 0 Å². The molecule has 0 aromatic heterocycles. The van der Waals surface area contributed by atoms with Crippen LogP contribution in [0.5, 0.6) is 0 Å². The molecule has 7 atom stereocenters. The van der Waals surface area contributed by atoms with Crippen LogP contribution in [0.25, 0.3) is 0 Å². The van der Waals surface area contributed by atoms with Gasteiger partial charge < -0.3 is 15.3 Å². The predicted molar refractivity (Wildman–Crippen MR) is 36.5 cm³/mol. The van der Waals surface area contributed by atoms with Gasteiger partial charge in [-0.25, -0.2) is 0 Å². The number of rotatable bonds is 0. The Balaban J connectivity index is 2.04. The van der Waals surface area contributed by atoms with Crippen molar-refractivity contribution in [3.8, 4) is 6.07 Å². The molecule has 0 saturated heterocycles. The van der Waals surface area contributed by atoms with Crippen LogP contribution in [0.4, 0.5) is 0 Å². The van der Waals surface area contributed by atoms with Crippen molar-refractivity contribution in [3.05, 3.63) is 0 Å². The standard InChI is InChI=1S/C8H9NO3/c9-1-8-2-3(8)6(11)7(12)4(8)5(2)10/h2-7,10-12H/t2-,3+,4+,5+,6-,7+,8-/m1/s1. The molecule has 0 unspecified atom stereocenters. The van der Waals surface area contributed by atoms with Gasteiger partial charge >= 0.3 is 0 Å². The van der Waals surface area contributed by atoms with Crippen LogP contribution in [-0.4, -0.2) is 33.6 Å². The molecule has 3 aliphatic carbocycles. The Kier molecular flexibility index (Phi) is 0.874. The van der Waals surface area contributed by atoms with Crippen molar-refractivity contribution in [2.45, 2.75) is 18.3 Å². The summed E-state index contributed by atoms with van der Waals surface area (Å²) >= 11 is 0. The van der Waals surface area contributed by atoms with Gasteiger partial charge in [0.25, 0.3) is 0 Å². The molecule has 0 aromatic rings. The lowest BCUT2D eigenvalue weighted by Crippen LogP contribution is -2.52. The molecular weight excluding hydrogens is 158 g/mol. The number of nitrogens with zero attached hydrogens (tertiary/aromatic N) is 1. The van der Waals surface area contributed by atoms with Crippen LogP contribution in [0.3, 0.4) is 0 Å². The Bertz CT molecular complexity index is 299. The topological polar surface area (TPSA) is 84.5 Å². The monoisotopic (exact) mass is 167 g/mol. The first kappa shape index (κ1) is 6.84. The highest BCUT2D eigenvalue weighted by Gasteiger charge is 2.90. The molecule has 3 fully saturated rings. The lowest BCUT2D eigenvalue weighted by atomic mass is 9.69. The highest BCUT2D eigenvalue weighted by molar-refractivity contribution is 5.42. The van der Waals surface area contributed by atoms with Crippen LogP contribution in [0.2, 0.25) is 0 Å². The maximum atomic E-state index is 9.41. The number of hydrogen-bond acceptors (Lipinski definition) is 4. The Morgan fingerprint density at radius 1 is 0.917 bits per heavy atom. The van der Waals surface area contributed by atoms with E-state index < -0.39 is 29.6 Å². The zero-order valence-corrected chi connectivity index (χ0v) is 6.25. The van der Waals surface area contributed by atoms with Crippen LogP contribution in [-0.2, 0) is 0 Å². The van der Waals surface area contributed by atoms with Gasteiger partial charge in [-0.05, 0) is 0 Å². The molecule has 0 radical (unpaired) electrons. The Morgan fingerprint density at radius 2 is 1.42 bits per heavy atom. The summed E-state index contributed by atoms with van der Waals surface area (Å²) in [5, 5.41) is 37.1. The van der Waals surface area contributed by atoms with Gasteiger partial charge in [-0.2, -0.15) is 5.26 Å². The van der Waals surface area contributed by atoms with Crippen molar-refractivity contribution in [1.82, 2.24) is 0 Å². The zero-order chi connectivity index (χ0) is 8.67. The molecule has 0 spiro atoms. The van der Waals surface area contributed by atoms with E-state index in [-0.39, 0.29) is 11.8 Å². The van der Waals surface area contributed by atoms with Crippen molar-refractivity contribution >= 4 is 0 Å². The van der Waals surface area contributed by atoms with Crippen LogP contribution in [0.15, 0.2) is 0 Å². The van der Waals surface area contributed by atoms with Gasteiger partial charge in [0, 0.05) is 17.8 Å². The first-order chi connectivity index (χ1) is 5.66. The van der Waals surface area contributed by atoms with Gasteiger partial charge in [0.2, 0.25) is 0 Å². The molecule has 0 heterocycles. The van der Waals surface area contributed by atoms with Crippen molar-refractivity contribution < 1.29 is 15.3 Å². The Labute approximate surface area is 69.1 Å². The average molecular weight is 167 g/mol. The summed E-state index contributed by atoms with van der Waals surface area (Å²) in [6.07, 6.45) is -2.24. The van der Waals surface area contributed by atoms with Crippen molar-refractivity contribution in [1.29, 1.82) is 5.26 Å². The fourth-order valence-corrected chi connectivity index (χ4v) is 3.42. The van der Waals surface area contributed by atoms with Crippen molar-refractivity contribution in [2.24, 2.45) is 23.2 Å². The van der Waals surface area contributed by atoms with Crippen LogP contribution in [0, 0.1) is 34.5 Å².